The van der Waals surface area contributed by atoms with Gasteiger partial charge in [-0.15, -0.1) is 0 Å². The average Bonchev–Trinajstić information content (AvgIpc) is 2.43. The molecule has 0 spiro atoms. The standard InChI is InChI=1S/C15H12Br2ClFO/c1-8-9(4-3-5-12(8)18)15(17)10-6-11(16)13(19)7-14(10)20-2/h3-7,15H,1-2H3. The molecule has 0 aromatic heterocycles. The van der Waals surface area contributed by atoms with Gasteiger partial charge in [-0.2, -0.15) is 0 Å². The first-order chi connectivity index (χ1) is 9.45. The third-order valence-electron chi connectivity index (χ3n) is 3.13. The highest BCUT2D eigenvalue weighted by Gasteiger charge is 2.20. The van der Waals surface area contributed by atoms with E-state index in [0.29, 0.717) is 15.2 Å². The monoisotopic (exact) mass is 420 g/mol. The molecule has 0 radical (unpaired) electrons. The molecule has 1 nitrogen and oxygen atoms in total. The highest BCUT2D eigenvalue weighted by molar-refractivity contribution is 9.10. The fourth-order valence-electron chi connectivity index (χ4n) is 1.99. The van der Waals surface area contributed by atoms with Crippen LogP contribution >= 0.6 is 43.5 Å². The lowest BCUT2D eigenvalue weighted by Gasteiger charge is -2.18. The molecular weight excluding hydrogens is 410 g/mol. The minimum Gasteiger partial charge on any atom is -0.496 e. The maximum absolute atomic E-state index is 13.6. The van der Waals surface area contributed by atoms with Crippen molar-refractivity contribution >= 4 is 43.5 Å². The van der Waals surface area contributed by atoms with E-state index in [-0.39, 0.29) is 10.6 Å². The Kier molecular flexibility index (Phi) is 5.10. The summed E-state index contributed by atoms with van der Waals surface area (Å²) in [7, 11) is 1.52. The summed E-state index contributed by atoms with van der Waals surface area (Å²) in [6, 6.07) is 8.81. The number of benzene rings is 2. The molecule has 2 aromatic rings. The van der Waals surface area contributed by atoms with Crippen molar-refractivity contribution in [2.75, 3.05) is 7.11 Å². The van der Waals surface area contributed by atoms with Crippen LogP contribution in [0.15, 0.2) is 34.8 Å². The van der Waals surface area contributed by atoms with E-state index in [9.17, 15) is 4.39 Å². The third-order valence-corrected chi connectivity index (χ3v) is 5.13. The summed E-state index contributed by atoms with van der Waals surface area (Å²) in [5.74, 6) is 0.139. The van der Waals surface area contributed by atoms with Crippen LogP contribution in [0, 0.1) is 12.7 Å². The van der Waals surface area contributed by atoms with Gasteiger partial charge in [-0.05, 0) is 46.1 Å². The van der Waals surface area contributed by atoms with E-state index in [4.69, 9.17) is 16.3 Å². The third kappa shape index (κ3) is 3.02. The molecule has 0 bridgehead atoms. The van der Waals surface area contributed by atoms with Gasteiger partial charge in [0.25, 0.3) is 0 Å². The number of hydrogen-bond donors (Lipinski definition) is 0. The minimum absolute atomic E-state index is 0.131. The SMILES string of the molecule is COc1cc(F)c(Br)cc1C(Br)c1cccc(Cl)c1C. The van der Waals surface area contributed by atoms with Crippen molar-refractivity contribution in [2.45, 2.75) is 11.8 Å². The van der Waals surface area contributed by atoms with Crippen molar-refractivity contribution in [3.63, 3.8) is 0 Å². The largest absolute Gasteiger partial charge is 0.496 e. The van der Waals surface area contributed by atoms with Crippen LogP contribution in [0.4, 0.5) is 4.39 Å². The van der Waals surface area contributed by atoms with E-state index < -0.39 is 0 Å². The number of hydrogen-bond acceptors (Lipinski definition) is 1. The molecule has 0 heterocycles. The van der Waals surface area contributed by atoms with E-state index in [0.717, 1.165) is 16.7 Å². The highest BCUT2D eigenvalue weighted by Crippen LogP contribution is 2.41. The molecule has 2 aromatic carbocycles. The molecule has 0 saturated carbocycles. The zero-order valence-corrected chi connectivity index (χ0v) is 14.8. The molecule has 0 aliphatic heterocycles. The van der Waals surface area contributed by atoms with Gasteiger partial charge in [-0.3, -0.25) is 0 Å². The van der Waals surface area contributed by atoms with E-state index in [1.54, 1.807) is 6.07 Å². The number of alkyl halides is 1. The number of rotatable bonds is 3. The zero-order chi connectivity index (χ0) is 14.9. The molecule has 0 fully saturated rings. The van der Waals surface area contributed by atoms with Gasteiger partial charge >= 0.3 is 0 Å². The van der Waals surface area contributed by atoms with Crippen molar-refractivity contribution in [1.82, 2.24) is 0 Å². The van der Waals surface area contributed by atoms with Crippen LogP contribution in [-0.2, 0) is 0 Å². The van der Waals surface area contributed by atoms with Gasteiger partial charge in [0, 0.05) is 16.7 Å². The van der Waals surface area contributed by atoms with Gasteiger partial charge in [-0.25, -0.2) is 4.39 Å². The lowest BCUT2D eigenvalue weighted by molar-refractivity contribution is 0.406. The van der Waals surface area contributed by atoms with Crippen LogP contribution in [0.25, 0.3) is 0 Å². The van der Waals surface area contributed by atoms with Crippen molar-refractivity contribution in [2.24, 2.45) is 0 Å². The van der Waals surface area contributed by atoms with Gasteiger partial charge in [0.1, 0.15) is 11.6 Å². The van der Waals surface area contributed by atoms with Gasteiger partial charge in [-0.1, -0.05) is 39.7 Å². The fourth-order valence-corrected chi connectivity index (χ4v) is 3.38. The molecule has 1 unspecified atom stereocenters. The molecule has 20 heavy (non-hydrogen) atoms. The summed E-state index contributed by atoms with van der Waals surface area (Å²) in [5, 5.41) is 0.701. The van der Waals surface area contributed by atoms with Crippen molar-refractivity contribution in [1.29, 1.82) is 0 Å². The summed E-state index contributed by atoms with van der Waals surface area (Å²) in [6.45, 7) is 1.96. The minimum atomic E-state index is -0.354. The number of methoxy groups -OCH3 is 1. The Morgan fingerprint density at radius 1 is 1.25 bits per heavy atom. The van der Waals surface area contributed by atoms with Crippen LogP contribution in [0.1, 0.15) is 21.5 Å². The first kappa shape index (κ1) is 15.8. The molecule has 2 rings (SSSR count). The quantitative estimate of drug-likeness (QED) is 0.548. The Labute approximate surface area is 139 Å². The second-order valence-electron chi connectivity index (χ2n) is 4.32. The topological polar surface area (TPSA) is 9.23 Å². The van der Waals surface area contributed by atoms with E-state index in [1.807, 2.05) is 25.1 Å². The average molecular weight is 423 g/mol. The van der Waals surface area contributed by atoms with Crippen LogP contribution in [0.5, 0.6) is 5.75 Å². The smallest absolute Gasteiger partial charge is 0.141 e. The Balaban J connectivity index is 2.55. The number of halogens is 4. The second-order valence-corrected chi connectivity index (χ2v) is 6.50. The van der Waals surface area contributed by atoms with Gasteiger partial charge in [0.05, 0.1) is 16.4 Å². The lowest BCUT2D eigenvalue weighted by atomic mass is 9.99. The molecule has 0 aliphatic rings. The van der Waals surface area contributed by atoms with Crippen LogP contribution in [-0.4, -0.2) is 7.11 Å². The van der Waals surface area contributed by atoms with Crippen LogP contribution in [0.2, 0.25) is 5.02 Å². The van der Waals surface area contributed by atoms with E-state index >= 15 is 0 Å². The first-order valence-electron chi connectivity index (χ1n) is 5.87. The van der Waals surface area contributed by atoms with Gasteiger partial charge < -0.3 is 4.74 Å². The summed E-state index contributed by atoms with van der Waals surface area (Å²) < 4.78 is 19.3. The number of ether oxygens (including phenoxy) is 1. The summed E-state index contributed by atoms with van der Waals surface area (Å²) in [6.07, 6.45) is 0. The zero-order valence-electron chi connectivity index (χ0n) is 10.9. The van der Waals surface area contributed by atoms with Crippen LogP contribution in [0.3, 0.4) is 0 Å². The van der Waals surface area contributed by atoms with Gasteiger partial charge in [0.2, 0.25) is 0 Å². The summed E-state index contributed by atoms with van der Waals surface area (Å²) in [4.78, 5) is -0.131. The normalized spacial score (nSPS) is 12.3. The lowest BCUT2D eigenvalue weighted by Crippen LogP contribution is -2.00. The van der Waals surface area contributed by atoms with Crippen molar-refractivity contribution in [3.05, 3.63) is 62.3 Å². The molecule has 1 atom stereocenters. The molecule has 106 valence electrons. The van der Waals surface area contributed by atoms with Crippen LogP contribution < -0.4 is 4.74 Å². The Hall–Kier alpha value is -0.580. The highest BCUT2D eigenvalue weighted by atomic mass is 79.9. The molecule has 0 N–H and O–H groups in total. The Morgan fingerprint density at radius 2 is 1.95 bits per heavy atom. The predicted molar refractivity (Wildman–Crippen MR) is 87.6 cm³/mol. The molecule has 0 aliphatic carbocycles. The van der Waals surface area contributed by atoms with Crippen molar-refractivity contribution in [3.8, 4) is 5.75 Å². The summed E-state index contributed by atoms with van der Waals surface area (Å²) in [5.41, 5.74) is 2.85. The van der Waals surface area contributed by atoms with E-state index in [2.05, 4.69) is 31.9 Å². The van der Waals surface area contributed by atoms with Gasteiger partial charge in [0.15, 0.2) is 0 Å². The first-order valence-corrected chi connectivity index (χ1v) is 7.96. The Morgan fingerprint density at radius 3 is 2.60 bits per heavy atom. The van der Waals surface area contributed by atoms with E-state index in [1.165, 1.54) is 13.2 Å². The molecule has 5 heteroatoms. The Bertz CT molecular complexity index is 646. The van der Waals surface area contributed by atoms with Crippen molar-refractivity contribution < 1.29 is 9.13 Å². The molecule has 0 saturated heterocycles. The second kappa shape index (κ2) is 6.46. The predicted octanol–water partition coefficient (Wildman–Crippen LogP) is 6.04. The maximum atomic E-state index is 13.6. The molecular formula is C15H12Br2ClFO. The maximum Gasteiger partial charge on any atom is 0.141 e. The summed E-state index contributed by atoms with van der Waals surface area (Å²) >= 11 is 13.0. The molecule has 0 amide bonds. The fraction of sp³-hybridized carbons (Fsp3) is 0.200.